The van der Waals surface area contributed by atoms with Crippen LogP contribution in [0.25, 0.3) is 0 Å². The van der Waals surface area contributed by atoms with E-state index < -0.39 is 17.4 Å². The molecule has 74 valence electrons. The molecule has 1 aromatic heterocycles. The molecule has 0 unspecified atom stereocenters. The topological polar surface area (TPSA) is 37.8 Å². The second-order valence-corrected chi connectivity index (χ2v) is 2.97. The van der Waals surface area contributed by atoms with Gasteiger partial charge in [-0.15, -0.1) is 0 Å². The normalized spacial score (nSPS) is 12.5. The predicted molar refractivity (Wildman–Crippen MR) is 40.4 cm³/mol. The van der Waals surface area contributed by atoms with Gasteiger partial charge in [0.05, 0.1) is 0 Å². The Morgan fingerprint density at radius 2 is 2.00 bits per heavy atom. The van der Waals surface area contributed by atoms with E-state index in [1.165, 1.54) is 0 Å². The maximum Gasteiger partial charge on any atom is 0.432 e. The van der Waals surface area contributed by atoms with Crippen molar-refractivity contribution in [3.05, 3.63) is 22.1 Å². The number of nitrogens with one attached hydrogen (secondary N) is 1. The molecule has 1 heterocycles. The van der Waals surface area contributed by atoms with E-state index in [4.69, 9.17) is 0 Å². The minimum atomic E-state index is -4.49. The summed E-state index contributed by atoms with van der Waals surface area (Å²) in [6.45, 7) is 3.25. The number of hydrogen-bond acceptors (Lipinski definition) is 1. The Hall–Kier alpha value is -1.20. The zero-order valence-corrected chi connectivity index (χ0v) is 7.14. The van der Waals surface area contributed by atoms with Crippen LogP contribution >= 0.6 is 0 Å². The van der Waals surface area contributed by atoms with Gasteiger partial charge in [-0.1, -0.05) is 0 Å². The Morgan fingerprint density at radius 3 is 2.23 bits per heavy atom. The molecule has 0 saturated carbocycles. The highest BCUT2D eigenvalue weighted by Crippen LogP contribution is 2.26. The van der Waals surface area contributed by atoms with Crippen LogP contribution in [0.1, 0.15) is 25.6 Å². The summed E-state index contributed by atoms with van der Waals surface area (Å²) in [5, 5.41) is 2.00. The molecule has 0 atom stereocenters. The number of hydrogen-bond donors (Lipinski definition) is 1. The van der Waals surface area contributed by atoms with Gasteiger partial charge >= 0.3 is 6.18 Å². The van der Waals surface area contributed by atoms with Crippen molar-refractivity contribution in [2.45, 2.75) is 26.1 Å². The largest absolute Gasteiger partial charge is 0.432 e. The summed E-state index contributed by atoms with van der Waals surface area (Å²) in [5.74, 6) is 0. The molecule has 0 amide bonds. The van der Waals surface area contributed by atoms with Crippen molar-refractivity contribution in [2.75, 3.05) is 0 Å². The average molecular weight is 194 g/mol. The summed E-state index contributed by atoms with van der Waals surface area (Å²) in [5.41, 5.74) is -1.67. The highest BCUT2D eigenvalue weighted by Gasteiger charge is 2.33. The number of aromatic amines is 1. The van der Waals surface area contributed by atoms with Crippen molar-refractivity contribution in [3.63, 3.8) is 0 Å². The van der Waals surface area contributed by atoms with E-state index in [1.54, 1.807) is 13.8 Å². The van der Waals surface area contributed by atoms with E-state index in [9.17, 15) is 18.0 Å². The summed E-state index contributed by atoms with van der Waals surface area (Å²) in [6.07, 6.45) is -4.49. The Balaban J connectivity index is 3.18. The van der Waals surface area contributed by atoms with Gasteiger partial charge in [-0.05, 0) is 13.8 Å². The molecule has 1 N–H and O–H groups in total. The Bertz CT molecular complexity index is 347. The van der Waals surface area contributed by atoms with Crippen LogP contribution < -0.4 is 5.56 Å². The zero-order chi connectivity index (χ0) is 10.2. The Kier molecular flexibility index (Phi) is 2.23. The third kappa shape index (κ3) is 1.93. The van der Waals surface area contributed by atoms with Gasteiger partial charge in [0.2, 0.25) is 0 Å². The van der Waals surface area contributed by atoms with Gasteiger partial charge in [0.1, 0.15) is 5.69 Å². The molecular weight excluding hydrogens is 185 g/mol. The molecule has 0 aliphatic rings. The molecule has 0 aromatic carbocycles. The summed E-state index contributed by atoms with van der Waals surface area (Å²) in [4.78, 5) is 11.0. The van der Waals surface area contributed by atoms with E-state index in [0.29, 0.717) is 6.07 Å². The number of aromatic nitrogens is 2. The first-order valence-electron chi connectivity index (χ1n) is 3.71. The highest BCUT2D eigenvalue weighted by molar-refractivity contribution is 5.04. The van der Waals surface area contributed by atoms with Crippen molar-refractivity contribution in [1.82, 2.24) is 9.78 Å². The Morgan fingerprint density at radius 1 is 1.46 bits per heavy atom. The average Bonchev–Trinajstić information content (AvgIpc) is 2.29. The SMILES string of the molecule is CC(C)n1[nH]c(C(F)(F)F)cc1=O. The molecule has 3 nitrogen and oxygen atoms in total. The van der Waals surface area contributed by atoms with Crippen LogP contribution in [0.5, 0.6) is 0 Å². The Labute approximate surface area is 72.2 Å². The minimum absolute atomic E-state index is 0.302. The van der Waals surface area contributed by atoms with Crippen LogP contribution in [-0.2, 0) is 6.18 Å². The quantitative estimate of drug-likeness (QED) is 0.726. The lowest BCUT2D eigenvalue weighted by Gasteiger charge is -2.06. The van der Waals surface area contributed by atoms with Gasteiger partial charge in [-0.2, -0.15) is 13.2 Å². The number of H-pyrrole nitrogens is 1. The molecule has 0 aliphatic carbocycles. The maximum absolute atomic E-state index is 12.1. The van der Waals surface area contributed by atoms with Crippen LogP contribution in [0.3, 0.4) is 0 Å². The minimum Gasteiger partial charge on any atom is -0.291 e. The lowest BCUT2D eigenvalue weighted by molar-refractivity contribution is -0.141. The summed E-state index contributed by atoms with van der Waals surface area (Å²) in [6, 6.07) is 0.253. The van der Waals surface area contributed by atoms with Crippen LogP contribution in [0.4, 0.5) is 13.2 Å². The summed E-state index contributed by atoms with van der Waals surface area (Å²) in [7, 11) is 0. The zero-order valence-electron chi connectivity index (χ0n) is 7.14. The molecule has 6 heteroatoms. The third-order valence-corrected chi connectivity index (χ3v) is 1.57. The van der Waals surface area contributed by atoms with Gasteiger partial charge in [0.25, 0.3) is 5.56 Å². The first-order valence-corrected chi connectivity index (χ1v) is 3.71. The standard InChI is InChI=1S/C7H9F3N2O/c1-4(2)12-6(13)3-5(11-12)7(8,9)10/h3-4,11H,1-2H3. The molecule has 0 saturated heterocycles. The predicted octanol–water partition coefficient (Wildman–Crippen LogP) is 1.78. The summed E-state index contributed by atoms with van der Waals surface area (Å²) >= 11 is 0. The third-order valence-electron chi connectivity index (χ3n) is 1.57. The van der Waals surface area contributed by atoms with E-state index in [0.717, 1.165) is 4.68 Å². The molecule has 0 spiro atoms. The first kappa shape index (κ1) is 9.88. The molecule has 1 rings (SSSR count). The second-order valence-electron chi connectivity index (χ2n) is 2.97. The summed E-state index contributed by atoms with van der Waals surface area (Å²) < 4.78 is 37.1. The van der Waals surface area contributed by atoms with E-state index in [2.05, 4.69) is 0 Å². The second kappa shape index (κ2) is 2.93. The number of halogens is 3. The molecule has 1 aromatic rings. The fourth-order valence-electron chi connectivity index (χ4n) is 0.939. The van der Waals surface area contributed by atoms with Crippen LogP contribution in [0, 0.1) is 0 Å². The number of alkyl halides is 3. The van der Waals surface area contributed by atoms with E-state index in [1.807, 2.05) is 5.10 Å². The number of rotatable bonds is 1. The van der Waals surface area contributed by atoms with Crippen LogP contribution in [-0.4, -0.2) is 9.78 Å². The van der Waals surface area contributed by atoms with Gasteiger partial charge < -0.3 is 0 Å². The van der Waals surface area contributed by atoms with Crippen molar-refractivity contribution < 1.29 is 13.2 Å². The molecular formula is C7H9F3N2O. The van der Waals surface area contributed by atoms with Crippen molar-refractivity contribution in [1.29, 1.82) is 0 Å². The molecule has 0 fully saturated rings. The van der Waals surface area contributed by atoms with Crippen molar-refractivity contribution >= 4 is 0 Å². The van der Waals surface area contributed by atoms with E-state index >= 15 is 0 Å². The first-order chi connectivity index (χ1) is 5.82. The smallest absolute Gasteiger partial charge is 0.291 e. The fraction of sp³-hybridized carbons (Fsp3) is 0.571. The van der Waals surface area contributed by atoms with Crippen LogP contribution in [0.2, 0.25) is 0 Å². The maximum atomic E-state index is 12.1. The van der Waals surface area contributed by atoms with Crippen molar-refractivity contribution in [3.8, 4) is 0 Å². The molecule has 0 aliphatic heterocycles. The van der Waals surface area contributed by atoms with Crippen LogP contribution in [0.15, 0.2) is 10.9 Å². The van der Waals surface area contributed by atoms with Crippen molar-refractivity contribution in [2.24, 2.45) is 0 Å². The van der Waals surface area contributed by atoms with E-state index in [-0.39, 0.29) is 6.04 Å². The molecule has 0 bridgehead atoms. The monoisotopic (exact) mass is 194 g/mol. The lowest BCUT2D eigenvalue weighted by atomic mass is 10.4. The van der Waals surface area contributed by atoms with Gasteiger partial charge in [0, 0.05) is 12.1 Å². The van der Waals surface area contributed by atoms with Gasteiger partial charge in [-0.25, -0.2) is 0 Å². The van der Waals surface area contributed by atoms with Gasteiger partial charge in [-0.3, -0.25) is 14.6 Å². The molecule has 13 heavy (non-hydrogen) atoms. The molecule has 0 radical (unpaired) electrons. The fourth-order valence-corrected chi connectivity index (χ4v) is 0.939. The number of nitrogens with zero attached hydrogens (tertiary/aromatic N) is 1. The lowest BCUT2D eigenvalue weighted by Crippen LogP contribution is -2.17. The highest BCUT2D eigenvalue weighted by atomic mass is 19.4. The van der Waals surface area contributed by atoms with Gasteiger partial charge in [0.15, 0.2) is 0 Å².